The van der Waals surface area contributed by atoms with Crippen LogP contribution in [0.15, 0.2) is 70.3 Å². The van der Waals surface area contributed by atoms with Crippen molar-refractivity contribution in [1.29, 1.82) is 0 Å². The number of thiophene rings is 2. The van der Waals surface area contributed by atoms with Crippen LogP contribution in [0.5, 0.6) is 0 Å². The Hall–Kier alpha value is -5.04. The van der Waals surface area contributed by atoms with Gasteiger partial charge in [0, 0.05) is 76.0 Å². The van der Waals surface area contributed by atoms with Crippen LogP contribution in [0.4, 0.5) is 11.6 Å². The molecule has 0 radical (unpaired) electrons. The zero-order valence-corrected chi connectivity index (χ0v) is 40.6. The molecule has 0 atom stereocenters. The number of carboxylic acids is 1. The first-order valence-corrected chi connectivity index (χ1v) is 23.8. The van der Waals surface area contributed by atoms with Crippen molar-refractivity contribution in [2.75, 3.05) is 62.4 Å². The number of anilines is 2. The van der Waals surface area contributed by atoms with Crippen molar-refractivity contribution < 1.29 is 24.2 Å². The summed E-state index contributed by atoms with van der Waals surface area (Å²) < 4.78 is 13.8. The maximum absolute atomic E-state index is 13.1. The van der Waals surface area contributed by atoms with Gasteiger partial charge in [0.15, 0.2) is 0 Å². The van der Waals surface area contributed by atoms with E-state index >= 15 is 0 Å². The molecule has 0 unspecified atom stereocenters. The van der Waals surface area contributed by atoms with E-state index in [0.29, 0.717) is 57.2 Å². The summed E-state index contributed by atoms with van der Waals surface area (Å²) in [6.07, 6.45) is 3.16. The van der Waals surface area contributed by atoms with Gasteiger partial charge in [0.2, 0.25) is 11.1 Å². The number of pyridine rings is 2. The number of H-pyrrole nitrogens is 3. The molecule has 6 aromatic rings. The molecule has 2 saturated heterocycles. The van der Waals surface area contributed by atoms with Gasteiger partial charge in [-0.1, -0.05) is 44.0 Å². The molecule has 348 valence electrons. The van der Waals surface area contributed by atoms with Crippen LogP contribution in [0, 0.1) is 10.8 Å². The second kappa shape index (κ2) is 22.0. The van der Waals surface area contributed by atoms with Gasteiger partial charge < -0.3 is 34.3 Å². The van der Waals surface area contributed by atoms with Gasteiger partial charge in [-0.25, -0.2) is 4.68 Å². The van der Waals surface area contributed by atoms with Gasteiger partial charge in [-0.2, -0.15) is 10.2 Å². The lowest BCUT2D eigenvalue weighted by atomic mass is 9.95. The van der Waals surface area contributed by atoms with Gasteiger partial charge in [0.25, 0.3) is 5.91 Å². The SMILES string of the molecule is CC(C)(C)C(=O)O.CC(C)(C)C(=O)n1nc(-c2cc(N3CCOCC3)[nH]c(=O)c2)cc1CCc1ccc(Cl)s1.O=c1cc(-c2cc(CCc3ccc(Cl)s3)[nH]n2)cc(N2CCOCC2)[nH]1. The maximum Gasteiger partial charge on any atom is 0.308 e. The highest BCUT2D eigenvalue weighted by Gasteiger charge is 2.27. The van der Waals surface area contributed by atoms with E-state index in [2.05, 4.69) is 41.1 Å². The fraction of sp³-hybridized carbons (Fsp3) is 0.435. The predicted molar refractivity (Wildman–Crippen MR) is 260 cm³/mol. The number of halogens is 2. The molecule has 0 aromatic carbocycles. The molecule has 0 spiro atoms. The second-order valence-electron chi connectivity index (χ2n) is 17.7. The molecule has 0 amide bonds. The van der Waals surface area contributed by atoms with Crippen LogP contribution in [0.2, 0.25) is 8.67 Å². The number of carbonyl (C=O) groups is 2. The number of nitrogens with one attached hydrogen (secondary N) is 3. The molecule has 2 aliphatic rings. The lowest BCUT2D eigenvalue weighted by molar-refractivity contribution is -0.145. The van der Waals surface area contributed by atoms with Crippen LogP contribution in [-0.4, -0.2) is 99.5 Å². The first kappa shape index (κ1) is 49.4. The molecule has 8 rings (SSSR count). The predicted octanol–water partition coefficient (Wildman–Crippen LogP) is 8.48. The van der Waals surface area contributed by atoms with Crippen molar-refractivity contribution in [3.8, 4) is 22.5 Å². The third-order valence-corrected chi connectivity index (χ3v) is 13.0. The minimum absolute atomic E-state index is 0.0822. The third kappa shape index (κ3) is 14.2. The Bertz CT molecular complexity index is 2660. The van der Waals surface area contributed by atoms with E-state index in [9.17, 15) is 19.2 Å². The first-order valence-electron chi connectivity index (χ1n) is 21.4. The Labute approximate surface area is 395 Å². The number of rotatable bonds is 10. The van der Waals surface area contributed by atoms with Crippen molar-refractivity contribution in [3.05, 3.63) is 111 Å². The normalized spacial score (nSPS) is 14.3. The summed E-state index contributed by atoms with van der Waals surface area (Å²) in [5, 5.41) is 20.4. The maximum atomic E-state index is 13.1. The van der Waals surface area contributed by atoms with Gasteiger partial charge in [-0.05, 0) is 95.0 Å². The fourth-order valence-corrected chi connectivity index (χ4v) is 8.83. The number of morpholine rings is 2. The highest BCUT2D eigenvalue weighted by atomic mass is 35.5. The number of hydrogen-bond acceptors (Lipinski definition) is 12. The zero-order chi connectivity index (χ0) is 46.9. The molecule has 6 aromatic heterocycles. The molecular weight excluding hydrogens is 912 g/mol. The van der Waals surface area contributed by atoms with Crippen LogP contribution in [-0.2, 0) is 40.0 Å². The van der Waals surface area contributed by atoms with Crippen LogP contribution in [0.3, 0.4) is 0 Å². The average Bonchev–Trinajstić information content (AvgIpc) is 4.10. The summed E-state index contributed by atoms with van der Waals surface area (Å²) in [6, 6.07) is 18.8. The van der Waals surface area contributed by atoms with E-state index in [1.54, 1.807) is 38.2 Å². The Morgan fingerprint density at radius 2 is 1.15 bits per heavy atom. The Balaban J connectivity index is 0.000000191. The first-order chi connectivity index (χ1) is 30.8. The van der Waals surface area contributed by atoms with Crippen LogP contribution in [0.25, 0.3) is 22.5 Å². The molecule has 0 bridgehead atoms. The summed E-state index contributed by atoms with van der Waals surface area (Å²) in [5.41, 5.74) is 3.27. The second-order valence-corrected chi connectivity index (χ2v) is 21.3. The van der Waals surface area contributed by atoms with Gasteiger partial charge in [0.05, 0.1) is 51.9 Å². The Morgan fingerprint density at radius 3 is 1.60 bits per heavy atom. The molecule has 0 saturated carbocycles. The van der Waals surface area contributed by atoms with E-state index in [1.165, 1.54) is 27.0 Å². The van der Waals surface area contributed by atoms with Crippen molar-refractivity contribution in [2.45, 2.75) is 67.2 Å². The Kier molecular flexibility index (Phi) is 16.7. The molecule has 15 nitrogen and oxygen atoms in total. The third-order valence-electron chi connectivity index (χ3n) is 10.4. The molecule has 65 heavy (non-hydrogen) atoms. The molecule has 19 heteroatoms. The lowest BCUT2D eigenvalue weighted by Gasteiger charge is -2.28. The number of aliphatic carboxylic acids is 1. The number of ether oxygens (including phenoxy) is 2. The molecule has 2 fully saturated rings. The molecule has 0 aliphatic carbocycles. The highest BCUT2D eigenvalue weighted by Crippen LogP contribution is 2.28. The van der Waals surface area contributed by atoms with E-state index in [-0.39, 0.29) is 17.0 Å². The average molecular weight is 968 g/mol. The van der Waals surface area contributed by atoms with Crippen molar-refractivity contribution in [3.63, 3.8) is 0 Å². The van der Waals surface area contributed by atoms with Crippen LogP contribution < -0.4 is 20.9 Å². The lowest BCUT2D eigenvalue weighted by Crippen LogP contribution is -2.37. The molecule has 8 heterocycles. The fourth-order valence-electron chi connectivity index (χ4n) is 6.65. The monoisotopic (exact) mass is 966 g/mol. The molecule has 4 N–H and O–H groups in total. The summed E-state index contributed by atoms with van der Waals surface area (Å²) in [6.45, 7) is 16.2. The van der Waals surface area contributed by atoms with Gasteiger partial charge in [0.1, 0.15) is 11.6 Å². The number of hydrogen-bond donors (Lipinski definition) is 4. The minimum atomic E-state index is -0.757. The van der Waals surface area contributed by atoms with Gasteiger partial charge in [-0.3, -0.25) is 24.3 Å². The summed E-state index contributed by atoms with van der Waals surface area (Å²) in [4.78, 5) is 60.1. The number of aromatic amines is 3. The van der Waals surface area contributed by atoms with Crippen LogP contribution >= 0.6 is 45.9 Å². The van der Waals surface area contributed by atoms with Gasteiger partial charge >= 0.3 is 5.97 Å². The van der Waals surface area contributed by atoms with E-state index in [1.807, 2.05) is 63.2 Å². The van der Waals surface area contributed by atoms with Gasteiger partial charge in [-0.15, -0.1) is 22.7 Å². The molecule has 2 aliphatic heterocycles. The standard InChI is InChI=1S/C23H27ClN4O3S.C18H19ClN4O2S.C5H10O2/c1-23(2,3)22(30)28-16(4-5-17-6-7-19(24)32-17)14-18(26-28)15-12-20(25-21(29)13-15)27-8-10-31-11-9-27;19-16-4-3-14(26-16)2-1-13-11-15(22-21-13)12-9-17(20-18(24)10-12)23-5-7-25-8-6-23;1-5(2,3)4(6)7/h6-7,12-14H,4-5,8-11H2,1-3H3,(H,25,29);3-4,9-11H,1-2,5-8H2,(H,20,24)(H,21,22);1-3H3,(H,6,7). The molecular formula is C46H56Cl2N8O7S2. The summed E-state index contributed by atoms with van der Waals surface area (Å²) >= 11 is 15.2. The van der Waals surface area contributed by atoms with E-state index in [0.717, 1.165) is 80.2 Å². The quantitative estimate of drug-likeness (QED) is 0.103. The van der Waals surface area contributed by atoms with E-state index in [4.69, 9.17) is 37.8 Å². The minimum Gasteiger partial charge on any atom is -0.481 e. The summed E-state index contributed by atoms with van der Waals surface area (Å²) in [5.74, 6) is 0.713. The van der Waals surface area contributed by atoms with Crippen molar-refractivity contribution in [2.24, 2.45) is 10.8 Å². The van der Waals surface area contributed by atoms with Crippen molar-refractivity contribution in [1.82, 2.24) is 29.9 Å². The number of nitrogens with zero attached hydrogens (tertiary/aromatic N) is 5. The Morgan fingerprint density at radius 1 is 0.677 bits per heavy atom. The smallest absolute Gasteiger partial charge is 0.308 e. The topological polar surface area (TPSA) is 192 Å². The zero-order valence-electron chi connectivity index (χ0n) is 37.5. The van der Waals surface area contributed by atoms with Crippen LogP contribution in [0.1, 0.15) is 67.5 Å². The number of aryl methyl sites for hydroxylation is 4. The summed E-state index contributed by atoms with van der Waals surface area (Å²) in [7, 11) is 0. The van der Waals surface area contributed by atoms with Crippen molar-refractivity contribution >= 4 is 69.4 Å². The highest BCUT2D eigenvalue weighted by molar-refractivity contribution is 7.16. The number of carbonyl (C=O) groups excluding carboxylic acids is 1. The number of carboxylic acid groups (broad SMARTS) is 1. The number of aromatic nitrogens is 6. The largest absolute Gasteiger partial charge is 0.481 e. The van der Waals surface area contributed by atoms with E-state index < -0.39 is 16.8 Å².